The summed E-state index contributed by atoms with van der Waals surface area (Å²) >= 11 is 5.32. The molecule has 1 aliphatic heterocycles. The first-order valence-corrected chi connectivity index (χ1v) is 9.69. The van der Waals surface area contributed by atoms with E-state index in [1.54, 1.807) is 0 Å². The zero-order chi connectivity index (χ0) is 20.3. The van der Waals surface area contributed by atoms with Gasteiger partial charge in [0.25, 0.3) is 5.91 Å². The maximum Gasteiger partial charge on any atom is 0.255 e. The van der Waals surface area contributed by atoms with Crippen molar-refractivity contribution < 1.29 is 9.53 Å². The zero-order valence-corrected chi connectivity index (χ0v) is 17.4. The largest absolute Gasteiger partial charge is 0.494 e. The Balaban J connectivity index is 1.91. The predicted molar refractivity (Wildman–Crippen MR) is 116 cm³/mol. The van der Waals surface area contributed by atoms with E-state index in [1.807, 2.05) is 70.2 Å². The number of nitrogens with one attached hydrogen (secondary N) is 3. The van der Waals surface area contributed by atoms with Crippen LogP contribution in [0, 0.1) is 13.8 Å². The number of aryl methyl sites for hydroxylation is 2. The van der Waals surface area contributed by atoms with Crippen LogP contribution in [0.3, 0.4) is 0 Å². The molecule has 0 radical (unpaired) electrons. The van der Waals surface area contributed by atoms with E-state index < -0.39 is 0 Å². The third-order valence-corrected chi connectivity index (χ3v) is 4.89. The van der Waals surface area contributed by atoms with Crippen LogP contribution in [0.15, 0.2) is 53.7 Å². The minimum Gasteiger partial charge on any atom is -0.494 e. The molecule has 1 amide bonds. The number of thiocarbonyl (C=S) groups is 1. The quantitative estimate of drug-likeness (QED) is 0.665. The highest BCUT2D eigenvalue weighted by atomic mass is 32.1. The summed E-state index contributed by atoms with van der Waals surface area (Å²) in [7, 11) is 0. The predicted octanol–water partition coefficient (Wildman–Crippen LogP) is 4.13. The van der Waals surface area contributed by atoms with E-state index in [0.29, 0.717) is 17.3 Å². The monoisotopic (exact) mass is 395 g/mol. The Labute approximate surface area is 171 Å². The van der Waals surface area contributed by atoms with Gasteiger partial charge in [-0.05, 0) is 69.2 Å². The van der Waals surface area contributed by atoms with Crippen molar-refractivity contribution in [1.29, 1.82) is 0 Å². The summed E-state index contributed by atoms with van der Waals surface area (Å²) in [4.78, 5) is 13.2. The maximum atomic E-state index is 13.2. The van der Waals surface area contributed by atoms with Gasteiger partial charge in [-0.1, -0.05) is 29.8 Å². The molecule has 0 saturated carbocycles. The standard InChI is InChI=1S/C22H25N3O2S/c1-5-27-17-9-7-16(8-10-17)20-19(15(4)23-22(28)25-20)21(26)24-18-11-6-13(2)12-14(18)3/h6-12,20H,5H2,1-4H3,(H,24,26)(H2,23,25,28)/t20-/m0/s1. The van der Waals surface area contributed by atoms with Crippen molar-refractivity contribution in [3.8, 4) is 5.75 Å². The van der Waals surface area contributed by atoms with Gasteiger partial charge in [-0.15, -0.1) is 0 Å². The molecule has 2 aromatic carbocycles. The lowest BCUT2D eigenvalue weighted by Gasteiger charge is -2.30. The van der Waals surface area contributed by atoms with Crippen molar-refractivity contribution in [2.45, 2.75) is 33.7 Å². The second-order valence-electron chi connectivity index (χ2n) is 6.84. The van der Waals surface area contributed by atoms with E-state index in [9.17, 15) is 4.79 Å². The number of allylic oxidation sites excluding steroid dienone is 1. The van der Waals surface area contributed by atoms with Crippen LogP contribution in [0.1, 0.15) is 36.6 Å². The van der Waals surface area contributed by atoms with Crippen molar-refractivity contribution in [2.75, 3.05) is 11.9 Å². The van der Waals surface area contributed by atoms with Crippen molar-refractivity contribution in [3.63, 3.8) is 0 Å². The minimum atomic E-state index is -0.338. The van der Waals surface area contributed by atoms with Crippen LogP contribution >= 0.6 is 12.2 Å². The third kappa shape index (κ3) is 4.34. The molecule has 0 saturated heterocycles. The summed E-state index contributed by atoms with van der Waals surface area (Å²) in [5, 5.41) is 9.82. The van der Waals surface area contributed by atoms with Crippen molar-refractivity contribution in [3.05, 3.63) is 70.4 Å². The SMILES string of the molecule is CCOc1ccc([C@@H]2NC(=S)NC(C)=C2C(=O)Nc2ccc(C)cc2C)cc1. The van der Waals surface area contributed by atoms with E-state index in [1.165, 1.54) is 0 Å². The van der Waals surface area contributed by atoms with Crippen molar-refractivity contribution in [2.24, 2.45) is 0 Å². The molecule has 5 nitrogen and oxygen atoms in total. The van der Waals surface area contributed by atoms with Gasteiger partial charge >= 0.3 is 0 Å². The molecule has 0 aliphatic carbocycles. The number of carbonyl (C=O) groups excluding carboxylic acids is 1. The third-order valence-electron chi connectivity index (χ3n) is 4.67. The van der Waals surface area contributed by atoms with E-state index in [0.717, 1.165) is 33.8 Å². The number of ether oxygens (including phenoxy) is 1. The van der Waals surface area contributed by atoms with Crippen LogP contribution in [0.4, 0.5) is 5.69 Å². The van der Waals surface area contributed by atoms with Crippen LogP contribution in [0.2, 0.25) is 0 Å². The normalized spacial score (nSPS) is 16.3. The molecule has 0 fully saturated rings. The minimum absolute atomic E-state index is 0.161. The number of amides is 1. The number of anilines is 1. The Morgan fingerprint density at radius 1 is 1.14 bits per heavy atom. The molecular weight excluding hydrogens is 370 g/mol. The Kier molecular flexibility index (Phi) is 5.99. The summed E-state index contributed by atoms with van der Waals surface area (Å²) in [6.07, 6.45) is 0. The molecular formula is C22H25N3O2S. The molecule has 6 heteroatoms. The fourth-order valence-corrected chi connectivity index (χ4v) is 3.58. The molecule has 3 rings (SSSR count). The highest BCUT2D eigenvalue weighted by Gasteiger charge is 2.30. The fourth-order valence-electron chi connectivity index (χ4n) is 3.31. The van der Waals surface area contributed by atoms with Gasteiger partial charge in [0, 0.05) is 11.4 Å². The van der Waals surface area contributed by atoms with Gasteiger partial charge in [0.1, 0.15) is 5.75 Å². The van der Waals surface area contributed by atoms with E-state index in [4.69, 9.17) is 17.0 Å². The highest BCUT2D eigenvalue weighted by molar-refractivity contribution is 7.80. The topological polar surface area (TPSA) is 62.4 Å². The number of hydrogen-bond donors (Lipinski definition) is 3. The molecule has 0 unspecified atom stereocenters. The van der Waals surface area contributed by atoms with Gasteiger partial charge < -0.3 is 20.7 Å². The average molecular weight is 396 g/mol. The molecule has 146 valence electrons. The molecule has 1 heterocycles. The summed E-state index contributed by atoms with van der Waals surface area (Å²) in [5.74, 6) is 0.635. The molecule has 1 aliphatic rings. The molecule has 0 bridgehead atoms. The average Bonchev–Trinajstić information content (AvgIpc) is 2.64. The Hall–Kier alpha value is -2.86. The van der Waals surface area contributed by atoms with E-state index >= 15 is 0 Å². The summed E-state index contributed by atoms with van der Waals surface area (Å²) in [5.41, 5.74) is 5.27. The van der Waals surface area contributed by atoms with Crippen LogP contribution in [-0.2, 0) is 4.79 Å². The van der Waals surface area contributed by atoms with Crippen LogP contribution in [0.5, 0.6) is 5.75 Å². The molecule has 3 N–H and O–H groups in total. The van der Waals surface area contributed by atoms with Crippen molar-refractivity contribution >= 4 is 28.9 Å². The Morgan fingerprint density at radius 2 is 1.86 bits per heavy atom. The van der Waals surface area contributed by atoms with Gasteiger partial charge in [0.15, 0.2) is 5.11 Å². The molecule has 0 aromatic heterocycles. The zero-order valence-electron chi connectivity index (χ0n) is 16.6. The molecule has 2 aromatic rings. The van der Waals surface area contributed by atoms with Crippen LogP contribution in [0.25, 0.3) is 0 Å². The maximum absolute atomic E-state index is 13.2. The summed E-state index contributed by atoms with van der Waals surface area (Å²) in [6.45, 7) is 8.44. The number of benzene rings is 2. The number of carbonyl (C=O) groups is 1. The number of rotatable bonds is 5. The van der Waals surface area contributed by atoms with Crippen LogP contribution in [-0.4, -0.2) is 17.6 Å². The van der Waals surface area contributed by atoms with Gasteiger partial charge in [-0.2, -0.15) is 0 Å². The van der Waals surface area contributed by atoms with Gasteiger partial charge in [-0.3, -0.25) is 4.79 Å². The van der Waals surface area contributed by atoms with E-state index in [2.05, 4.69) is 16.0 Å². The first-order chi connectivity index (χ1) is 13.4. The number of hydrogen-bond acceptors (Lipinski definition) is 3. The highest BCUT2D eigenvalue weighted by Crippen LogP contribution is 2.29. The molecule has 0 spiro atoms. The van der Waals surface area contributed by atoms with Gasteiger partial charge in [0.05, 0.1) is 18.2 Å². The fraction of sp³-hybridized carbons (Fsp3) is 0.273. The van der Waals surface area contributed by atoms with Gasteiger partial charge in [0.2, 0.25) is 0 Å². The second kappa shape index (κ2) is 8.44. The summed E-state index contributed by atoms with van der Waals surface area (Å²) in [6, 6.07) is 13.3. The Bertz CT molecular complexity index is 935. The first-order valence-electron chi connectivity index (χ1n) is 9.28. The molecule has 28 heavy (non-hydrogen) atoms. The lowest BCUT2D eigenvalue weighted by molar-refractivity contribution is -0.113. The van der Waals surface area contributed by atoms with Crippen molar-refractivity contribution in [1.82, 2.24) is 10.6 Å². The Morgan fingerprint density at radius 3 is 2.50 bits per heavy atom. The first kappa shape index (κ1) is 19.9. The lowest BCUT2D eigenvalue weighted by atomic mass is 9.94. The molecule has 1 atom stereocenters. The smallest absolute Gasteiger partial charge is 0.255 e. The second-order valence-corrected chi connectivity index (χ2v) is 7.25. The lowest BCUT2D eigenvalue weighted by Crippen LogP contribution is -2.45. The summed E-state index contributed by atoms with van der Waals surface area (Å²) < 4.78 is 5.52. The van der Waals surface area contributed by atoms with Gasteiger partial charge in [-0.25, -0.2) is 0 Å². The van der Waals surface area contributed by atoms with Crippen LogP contribution < -0.4 is 20.7 Å². The van der Waals surface area contributed by atoms with E-state index in [-0.39, 0.29) is 11.9 Å².